The lowest BCUT2D eigenvalue weighted by molar-refractivity contribution is 1.52. The van der Waals surface area contributed by atoms with Gasteiger partial charge in [0.05, 0.1) is 0 Å². The Balaban J connectivity index is 1.85. The standard InChI is InChI=1S/C22H16ClN/c23-21-13-11-18(12-14-21)17-24-16-15-22(19-7-3-1-4-8-19)20-9-5-2-6-10-20/h1-15,17H. The molecular weight excluding hydrogens is 314 g/mol. The number of rotatable bonds is 3. The zero-order chi connectivity index (χ0) is 16.6. The molecule has 3 aromatic carbocycles. The molecule has 0 unspecified atom stereocenters. The maximum Gasteiger partial charge on any atom is 0.222 e. The Labute approximate surface area is 147 Å². The molecule has 0 saturated carbocycles. The largest absolute Gasteiger partial charge is 0.222 e. The van der Waals surface area contributed by atoms with Crippen molar-refractivity contribution in [2.24, 2.45) is 0 Å². The highest BCUT2D eigenvalue weighted by molar-refractivity contribution is 6.30. The molecule has 24 heavy (non-hydrogen) atoms. The van der Waals surface area contributed by atoms with E-state index in [-0.39, 0.29) is 0 Å². The summed E-state index contributed by atoms with van der Waals surface area (Å²) in [7, 11) is 0. The van der Waals surface area contributed by atoms with E-state index in [2.05, 4.69) is 35.2 Å². The molecule has 0 N–H and O–H groups in total. The zero-order valence-corrected chi connectivity index (χ0v) is 13.8. The lowest BCUT2D eigenvalue weighted by Gasteiger charge is -2.06. The molecule has 0 aliphatic carbocycles. The van der Waals surface area contributed by atoms with Crippen LogP contribution in [0.15, 0.2) is 91.0 Å². The predicted octanol–water partition coefficient (Wildman–Crippen LogP) is 6.31. The predicted molar refractivity (Wildman–Crippen MR) is 102 cm³/mol. The molecule has 3 aromatic rings. The normalized spacial score (nSPS) is 9.54. The van der Waals surface area contributed by atoms with Crippen molar-refractivity contribution in [3.05, 3.63) is 124 Å². The van der Waals surface area contributed by atoms with Crippen LogP contribution in [0.25, 0.3) is 10.4 Å². The van der Waals surface area contributed by atoms with Gasteiger partial charge in [0, 0.05) is 11.1 Å². The zero-order valence-electron chi connectivity index (χ0n) is 13.1. The third-order valence-electron chi connectivity index (χ3n) is 3.54. The van der Waals surface area contributed by atoms with E-state index < -0.39 is 0 Å². The van der Waals surface area contributed by atoms with Crippen LogP contribution in [0.4, 0.5) is 0 Å². The summed E-state index contributed by atoms with van der Waals surface area (Å²) >= 11 is 5.88. The molecule has 116 valence electrons. The molecule has 0 atom stereocenters. The molecule has 0 fully saturated rings. The molecule has 0 aliphatic rings. The highest BCUT2D eigenvalue weighted by Crippen LogP contribution is 2.22. The van der Waals surface area contributed by atoms with Crippen LogP contribution in [0, 0.1) is 12.6 Å². The smallest absolute Gasteiger partial charge is 0.141 e. The van der Waals surface area contributed by atoms with Gasteiger partial charge in [0.15, 0.2) is 6.07 Å². The first kappa shape index (κ1) is 15.9. The van der Waals surface area contributed by atoms with Gasteiger partial charge in [0.2, 0.25) is 6.54 Å². The number of halogens is 1. The van der Waals surface area contributed by atoms with E-state index >= 15 is 0 Å². The van der Waals surface area contributed by atoms with E-state index in [4.69, 9.17) is 11.6 Å². The molecule has 0 bridgehead atoms. The lowest BCUT2D eigenvalue weighted by Crippen LogP contribution is -1.86. The molecule has 0 heterocycles. The molecule has 1 nitrogen and oxygen atoms in total. The summed E-state index contributed by atoms with van der Waals surface area (Å²) in [5, 5.41) is 0.718. The molecule has 0 radical (unpaired) electrons. The lowest BCUT2D eigenvalue weighted by atomic mass is 9.98. The SMILES string of the molecule is Clc1ccc([CH-][N+]#CC=C(c2ccccc2)c2ccccc2)cc1. The molecule has 0 amide bonds. The van der Waals surface area contributed by atoms with Crippen LogP contribution in [-0.2, 0) is 0 Å². The van der Waals surface area contributed by atoms with Crippen LogP contribution in [0.5, 0.6) is 0 Å². The van der Waals surface area contributed by atoms with Crippen LogP contribution in [0.1, 0.15) is 16.7 Å². The maximum absolute atomic E-state index is 5.88. The van der Waals surface area contributed by atoms with Crippen molar-refractivity contribution in [1.29, 1.82) is 0 Å². The Morgan fingerprint density at radius 1 is 0.792 bits per heavy atom. The van der Waals surface area contributed by atoms with Gasteiger partial charge in [-0.2, -0.15) is 0 Å². The first-order valence-corrected chi connectivity index (χ1v) is 8.06. The van der Waals surface area contributed by atoms with Gasteiger partial charge in [0.1, 0.15) is 0 Å². The highest BCUT2D eigenvalue weighted by Gasteiger charge is 2.03. The van der Waals surface area contributed by atoms with Crippen LogP contribution in [0.3, 0.4) is 0 Å². The Morgan fingerprint density at radius 3 is 1.88 bits per heavy atom. The van der Waals surface area contributed by atoms with E-state index in [1.54, 1.807) is 6.54 Å². The second-order valence-corrected chi connectivity index (χ2v) is 5.67. The summed E-state index contributed by atoms with van der Waals surface area (Å²) < 4.78 is 0. The summed E-state index contributed by atoms with van der Waals surface area (Å²) in [4.78, 5) is 4.27. The number of allylic oxidation sites excluding steroid dienone is 1. The minimum absolute atomic E-state index is 0.718. The summed E-state index contributed by atoms with van der Waals surface area (Å²) in [5.41, 5.74) is 4.35. The molecule has 3 rings (SSSR count). The van der Waals surface area contributed by atoms with E-state index in [1.807, 2.05) is 66.7 Å². The van der Waals surface area contributed by atoms with E-state index in [9.17, 15) is 0 Å². The van der Waals surface area contributed by atoms with Gasteiger partial charge >= 0.3 is 0 Å². The molecule has 0 spiro atoms. The van der Waals surface area contributed by atoms with Crippen LogP contribution < -0.4 is 0 Å². The van der Waals surface area contributed by atoms with Gasteiger partial charge in [-0.3, -0.25) is 0 Å². The fourth-order valence-electron chi connectivity index (χ4n) is 2.33. The van der Waals surface area contributed by atoms with Crippen molar-refractivity contribution in [2.45, 2.75) is 0 Å². The van der Waals surface area contributed by atoms with Gasteiger partial charge in [0.25, 0.3) is 0 Å². The molecule has 2 heteroatoms. The van der Waals surface area contributed by atoms with Crippen molar-refractivity contribution in [1.82, 2.24) is 0 Å². The van der Waals surface area contributed by atoms with Crippen molar-refractivity contribution in [3.63, 3.8) is 0 Å². The fraction of sp³-hybridized carbons (Fsp3) is 0. The molecule has 0 saturated heterocycles. The Kier molecular flexibility index (Phi) is 5.35. The van der Waals surface area contributed by atoms with Gasteiger partial charge < -0.3 is 0 Å². The van der Waals surface area contributed by atoms with E-state index in [0.29, 0.717) is 0 Å². The number of nitrogens with zero attached hydrogens (tertiary/aromatic N) is 1. The van der Waals surface area contributed by atoms with Gasteiger partial charge in [-0.05, 0) is 16.7 Å². The van der Waals surface area contributed by atoms with E-state index in [0.717, 1.165) is 27.3 Å². The summed E-state index contributed by atoms with van der Waals surface area (Å²) in [6, 6.07) is 31.1. The first-order valence-electron chi connectivity index (χ1n) is 7.68. The fourth-order valence-corrected chi connectivity index (χ4v) is 2.46. The van der Waals surface area contributed by atoms with Gasteiger partial charge in [-0.25, -0.2) is 0 Å². The third kappa shape index (κ3) is 4.29. The number of hydrogen-bond donors (Lipinski definition) is 0. The Hall–Kier alpha value is -2.95. The van der Waals surface area contributed by atoms with Crippen molar-refractivity contribution < 1.29 is 0 Å². The molecule has 0 aliphatic heterocycles. The van der Waals surface area contributed by atoms with Crippen molar-refractivity contribution in [3.8, 4) is 6.07 Å². The average Bonchev–Trinajstić information content (AvgIpc) is 2.65. The first-order chi connectivity index (χ1) is 11.8. The third-order valence-corrected chi connectivity index (χ3v) is 3.79. The number of hydrogen-bond acceptors (Lipinski definition) is 0. The highest BCUT2D eigenvalue weighted by atomic mass is 35.5. The second kappa shape index (κ2) is 8.06. The minimum atomic E-state index is 0.718. The van der Waals surface area contributed by atoms with Crippen molar-refractivity contribution in [2.75, 3.05) is 0 Å². The molecular formula is C22H16ClN. The Morgan fingerprint density at radius 2 is 1.33 bits per heavy atom. The topological polar surface area (TPSA) is 4.36 Å². The minimum Gasteiger partial charge on any atom is -0.141 e. The van der Waals surface area contributed by atoms with Crippen molar-refractivity contribution >= 4 is 17.2 Å². The molecule has 0 aromatic heterocycles. The summed E-state index contributed by atoms with van der Waals surface area (Å²) in [5.74, 6) is 0. The Bertz CT molecular complexity index is 829. The average molecular weight is 330 g/mol. The van der Waals surface area contributed by atoms with Crippen LogP contribution in [-0.4, -0.2) is 0 Å². The van der Waals surface area contributed by atoms with Crippen LogP contribution >= 0.6 is 11.6 Å². The van der Waals surface area contributed by atoms with Gasteiger partial charge in [-0.15, -0.1) is 17.0 Å². The maximum atomic E-state index is 5.88. The summed E-state index contributed by atoms with van der Waals surface area (Å²) in [6.45, 7) is 1.76. The van der Waals surface area contributed by atoms with Crippen LogP contribution in [0.2, 0.25) is 5.02 Å². The second-order valence-electron chi connectivity index (χ2n) is 5.23. The van der Waals surface area contributed by atoms with E-state index in [1.165, 1.54) is 0 Å². The quantitative estimate of drug-likeness (QED) is 0.391. The van der Waals surface area contributed by atoms with Gasteiger partial charge in [-0.1, -0.05) is 90.0 Å². The number of benzene rings is 3. The summed E-state index contributed by atoms with van der Waals surface area (Å²) in [6.07, 6.45) is 1.91. The monoisotopic (exact) mass is 329 g/mol.